The van der Waals surface area contributed by atoms with E-state index < -0.39 is 0 Å². The average molecular weight is 308 g/mol. The maximum atomic E-state index is 12.2. The molecule has 0 radical (unpaired) electrons. The number of imidazole rings is 1. The highest BCUT2D eigenvalue weighted by Crippen LogP contribution is 2.23. The molecule has 1 fully saturated rings. The van der Waals surface area contributed by atoms with Crippen molar-refractivity contribution in [1.82, 2.24) is 14.5 Å². The number of piperidine rings is 1. The molecule has 3 aromatic rings. The highest BCUT2D eigenvalue weighted by atomic mass is 16.1. The van der Waals surface area contributed by atoms with Gasteiger partial charge < -0.3 is 9.88 Å². The standard InChI is InChI=1S/C18H20N4O/c23-18-20-15-5-1-2-6-16(15)22(18)13-14-8-11-21(12-9-14)17-7-3-4-10-19-17/h1-7,10,14H,8-9,11-13H2,(H,20,23). The van der Waals surface area contributed by atoms with Crippen molar-refractivity contribution in [2.75, 3.05) is 18.0 Å². The molecule has 1 saturated heterocycles. The maximum Gasteiger partial charge on any atom is 0.326 e. The van der Waals surface area contributed by atoms with Gasteiger partial charge in [-0.3, -0.25) is 4.57 Å². The number of benzene rings is 1. The summed E-state index contributed by atoms with van der Waals surface area (Å²) in [6.45, 7) is 2.79. The van der Waals surface area contributed by atoms with E-state index in [2.05, 4.69) is 20.9 Å². The molecule has 3 heterocycles. The first-order valence-electron chi connectivity index (χ1n) is 8.15. The predicted molar refractivity (Wildman–Crippen MR) is 91.7 cm³/mol. The Morgan fingerprint density at radius 1 is 1.09 bits per heavy atom. The number of fused-ring (bicyclic) bond motifs is 1. The van der Waals surface area contributed by atoms with Crippen LogP contribution in [-0.4, -0.2) is 27.6 Å². The number of H-pyrrole nitrogens is 1. The zero-order valence-electron chi connectivity index (χ0n) is 13.0. The number of nitrogens with zero attached hydrogens (tertiary/aromatic N) is 3. The van der Waals surface area contributed by atoms with Crippen LogP contribution in [0.15, 0.2) is 53.5 Å². The summed E-state index contributed by atoms with van der Waals surface area (Å²) >= 11 is 0. The third-order valence-electron chi connectivity index (χ3n) is 4.71. The van der Waals surface area contributed by atoms with E-state index in [4.69, 9.17) is 0 Å². The highest BCUT2D eigenvalue weighted by molar-refractivity contribution is 5.74. The van der Waals surface area contributed by atoms with Gasteiger partial charge in [-0.2, -0.15) is 0 Å². The van der Waals surface area contributed by atoms with E-state index in [1.165, 1.54) is 0 Å². The lowest BCUT2D eigenvalue weighted by atomic mass is 9.96. The molecule has 23 heavy (non-hydrogen) atoms. The van der Waals surface area contributed by atoms with Crippen LogP contribution < -0.4 is 10.6 Å². The van der Waals surface area contributed by atoms with Crippen LogP contribution in [0.4, 0.5) is 5.82 Å². The summed E-state index contributed by atoms with van der Waals surface area (Å²) in [6, 6.07) is 13.9. The number of nitrogens with one attached hydrogen (secondary N) is 1. The molecule has 2 aromatic heterocycles. The van der Waals surface area contributed by atoms with Gasteiger partial charge in [0.1, 0.15) is 5.82 Å². The fourth-order valence-corrected chi connectivity index (χ4v) is 3.43. The van der Waals surface area contributed by atoms with Crippen LogP contribution in [0.5, 0.6) is 0 Å². The zero-order valence-corrected chi connectivity index (χ0v) is 13.0. The van der Waals surface area contributed by atoms with Crippen LogP contribution in [0, 0.1) is 5.92 Å². The number of hydrogen-bond acceptors (Lipinski definition) is 3. The summed E-state index contributed by atoms with van der Waals surface area (Å²) in [5, 5.41) is 0. The maximum absolute atomic E-state index is 12.2. The van der Waals surface area contributed by atoms with Crippen LogP contribution in [0.2, 0.25) is 0 Å². The van der Waals surface area contributed by atoms with Crippen molar-refractivity contribution in [3.8, 4) is 0 Å². The van der Waals surface area contributed by atoms with Crippen LogP contribution in [0.3, 0.4) is 0 Å². The molecular weight excluding hydrogens is 288 g/mol. The molecule has 1 N–H and O–H groups in total. The summed E-state index contributed by atoms with van der Waals surface area (Å²) in [5.74, 6) is 1.59. The van der Waals surface area contributed by atoms with E-state index in [9.17, 15) is 4.79 Å². The molecule has 1 aromatic carbocycles. The minimum Gasteiger partial charge on any atom is -0.357 e. The average Bonchev–Trinajstić information content (AvgIpc) is 2.92. The van der Waals surface area contributed by atoms with Gasteiger partial charge in [0.2, 0.25) is 0 Å². The Balaban J connectivity index is 1.47. The number of para-hydroxylation sites is 2. The van der Waals surface area contributed by atoms with Gasteiger partial charge >= 0.3 is 5.69 Å². The lowest BCUT2D eigenvalue weighted by Crippen LogP contribution is -2.36. The van der Waals surface area contributed by atoms with E-state index in [1.54, 1.807) is 0 Å². The van der Waals surface area contributed by atoms with Crippen LogP contribution >= 0.6 is 0 Å². The molecule has 0 aliphatic carbocycles. The Labute approximate surface area is 134 Å². The van der Waals surface area contributed by atoms with Crippen molar-refractivity contribution in [3.63, 3.8) is 0 Å². The molecule has 0 unspecified atom stereocenters. The van der Waals surface area contributed by atoms with Crippen LogP contribution in [0.1, 0.15) is 12.8 Å². The molecule has 1 aliphatic heterocycles. The largest absolute Gasteiger partial charge is 0.357 e. The number of aromatic amines is 1. The van der Waals surface area contributed by atoms with Gasteiger partial charge in [0.15, 0.2) is 0 Å². The number of hydrogen-bond donors (Lipinski definition) is 1. The number of aromatic nitrogens is 3. The third kappa shape index (κ3) is 2.74. The zero-order chi connectivity index (χ0) is 15.6. The van der Waals surface area contributed by atoms with Gasteiger partial charge in [-0.05, 0) is 43.0 Å². The van der Waals surface area contributed by atoms with Crippen molar-refractivity contribution in [2.24, 2.45) is 5.92 Å². The van der Waals surface area contributed by atoms with Gasteiger partial charge in [-0.1, -0.05) is 18.2 Å². The van der Waals surface area contributed by atoms with Gasteiger partial charge in [0.05, 0.1) is 11.0 Å². The minimum atomic E-state index is -0.00152. The Bertz CT molecular complexity index is 844. The Kier molecular flexibility index (Phi) is 3.61. The van der Waals surface area contributed by atoms with Crippen molar-refractivity contribution in [1.29, 1.82) is 0 Å². The number of pyridine rings is 1. The van der Waals surface area contributed by atoms with Gasteiger partial charge in [0, 0.05) is 25.8 Å². The summed E-state index contributed by atoms with van der Waals surface area (Å²) in [7, 11) is 0. The fraction of sp³-hybridized carbons (Fsp3) is 0.333. The predicted octanol–water partition coefficient (Wildman–Crippen LogP) is 2.64. The quantitative estimate of drug-likeness (QED) is 0.809. The van der Waals surface area contributed by atoms with Gasteiger partial charge in [-0.15, -0.1) is 0 Å². The first-order valence-corrected chi connectivity index (χ1v) is 8.15. The Morgan fingerprint density at radius 3 is 2.65 bits per heavy atom. The van der Waals surface area contributed by atoms with Crippen molar-refractivity contribution < 1.29 is 0 Å². The normalized spacial score (nSPS) is 16.1. The third-order valence-corrected chi connectivity index (χ3v) is 4.71. The van der Waals surface area contributed by atoms with E-state index in [1.807, 2.05) is 47.2 Å². The molecule has 118 valence electrons. The smallest absolute Gasteiger partial charge is 0.326 e. The molecular formula is C18H20N4O. The molecule has 0 atom stereocenters. The molecule has 0 spiro atoms. The summed E-state index contributed by atoms with van der Waals surface area (Å²) in [4.78, 5) is 21.9. The van der Waals surface area contributed by atoms with E-state index in [-0.39, 0.29) is 5.69 Å². The lowest BCUT2D eigenvalue weighted by molar-refractivity contribution is 0.356. The molecule has 0 amide bonds. The minimum absolute atomic E-state index is 0.00152. The van der Waals surface area contributed by atoms with Gasteiger partial charge in [-0.25, -0.2) is 9.78 Å². The van der Waals surface area contributed by atoms with Crippen molar-refractivity contribution >= 4 is 16.9 Å². The van der Waals surface area contributed by atoms with E-state index in [0.717, 1.165) is 49.3 Å². The Hall–Kier alpha value is -2.56. The second-order valence-electron chi connectivity index (χ2n) is 6.18. The summed E-state index contributed by atoms with van der Waals surface area (Å²) in [6.07, 6.45) is 4.01. The monoisotopic (exact) mass is 308 g/mol. The molecule has 5 nitrogen and oxygen atoms in total. The van der Waals surface area contributed by atoms with Gasteiger partial charge in [0.25, 0.3) is 0 Å². The van der Waals surface area contributed by atoms with Crippen LogP contribution in [-0.2, 0) is 6.54 Å². The molecule has 1 aliphatic rings. The van der Waals surface area contributed by atoms with E-state index >= 15 is 0 Å². The molecule has 5 heteroatoms. The molecule has 4 rings (SSSR count). The SMILES string of the molecule is O=c1[nH]c2ccccc2n1CC1CCN(c2ccccn2)CC1. The summed E-state index contributed by atoms with van der Waals surface area (Å²) < 4.78 is 1.89. The first-order chi connectivity index (χ1) is 11.3. The molecule has 0 saturated carbocycles. The topological polar surface area (TPSA) is 53.9 Å². The summed E-state index contributed by atoms with van der Waals surface area (Å²) in [5.41, 5.74) is 1.92. The molecule has 0 bridgehead atoms. The Morgan fingerprint density at radius 2 is 1.87 bits per heavy atom. The van der Waals surface area contributed by atoms with E-state index in [0.29, 0.717) is 5.92 Å². The second kappa shape index (κ2) is 5.91. The number of anilines is 1. The van der Waals surface area contributed by atoms with Crippen LogP contribution in [0.25, 0.3) is 11.0 Å². The van der Waals surface area contributed by atoms with Crippen molar-refractivity contribution in [2.45, 2.75) is 19.4 Å². The highest BCUT2D eigenvalue weighted by Gasteiger charge is 2.21. The lowest BCUT2D eigenvalue weighted by Gasteiger charge is -2.32. The fourth-order valence-electron chi connectivity index (χ4n) is 3.43. The second-order valence-corrected chi connectivity index (χ2v) is 6.18. The van der Waals surface area contributed by atoms with Crippen molar-refractivity contribution in [3.05, 3.63) is 59.1 Å². The number of rotatable bonds is 3. The first kappa shape index (κ1) is 14.1.